The molecule has 2 saturated heterocycles. The molecule has 5 nitrogen and oxygen atoms in total. The topological polar surface area (TPSA) is 67.4 Å². The molecular formula is C10H20N2O3S. The molecule has 2 atom stereocenters. The predicted octanol–water partition coefficient (Wildman–Crippen LogP) is -0.306. The van der Waals surface area contributed by atoms with Crippen LogP contribution in [0.1, 0.15) is 19.3 Å². The van der Waals surface area contributed by atoms with Crippen LogP contribution in [0.2, 0.25) is 0 Å². The highest BCUT2D eigenvalue weighted by molar-refractivity contribution is 7.89. The summed E-state index contributed by atoms with van der Waals surface area (Å²) in [5.41, 5.74) is 0. The number of sulfonamides is 1. The van der Waals surface area contributed by atoms with Crippen LogP contribution >= 0.6 is 0 Å². The van der Waals surface area contributed by atoms with E-state index in [2.05, 4.69) is 10.0 Å². The van der Waals surface area contributed by atoms with Crippen LogP contribution in [-0.4, -0.2) is 46.5 Å². The standard InChI is InChI=1S/C10H20N2O3S/c13-16(14,8-10-2-1-5-15-10)12-7-9-3-4-11-6-9/h9-12H,1-8H2. The minimum atomic E-state index is -3.16. The summed E-state index contributed by atoms with van der Waals surface area (Å²) in [5.74, 6) is 0.562. The van der Waals surface area contributed by atoms with Crippen molar-refractivity contribution in [1.82, 2.24) is 10.0 Å². The molecule has 2 aliphatic heterocycles. The van der Waals surface area contributed by atoms with E-state index in [-0.39, 0.29) is 11.9 Å². The van der Waals surface area contributed by atoms with E-state index in [0.29, 0.717) is 19.1 Å². The number of rotatable bonds is 5. The van der Waals surface area contributed by atoms with Crippen molar-refractivity contribution >= 4 is 10.0 Å². The Kier molecular flexibility index (Phi) is 4.18. The second-order valence-corrected chi connectivity index (χ2v) is 6.48. The van der Waals surface area contributed by atoms with Gasteiger partial charge in [0.25, 0.3) is 0 Å². The molecule has 2 rings (SSSR count). The summed E-state index contributed by atoms with van der Waals surface area (Å²) < 4.78 is 31.5. The predicted molar refractivity (Wildman–Crippen MR) is 61.7 cm³/mol. The van der Waals surface area contributed by atoms with Crippen LogP contribution in [0.25, 0.3) is 0 Å². The molecule has 0 aromatic heterocycles. The van der Waals surface area contributed by atoms with Gasteiger partial charge in [0.15, 0.2) is 0 Å². The molecule has 0 aliphatic carbocycles. The molecule has 16 heavy (non-hydrogen) atoms. The second-order valence-electron chi connectivity index (χ2n) is 4.62. The maximum Gasteiger partial charge on any atom is 0.214 e. The third-order valence-electron chi connectivity index (χ3n) is 3.18. The van der Waals surface area contributed by atoms with Gasteiger partial charge in [-0.25, -0.2) is 13.1 Å². The number of hydrogen-bond acceptors (Lipinski definition) is 4. The third-order valence-corrected chi connectivity index (χ3v) is 4.60. The second kappa shape index (κ2) is 5.44. The van der Waals surface area contributed by atoms with Crippen LogP contribution in [-0.2, 0) is 14.8 Å². The van der Waals surface area contributed by atoms with Gasteiger partial charge >= 0.3 is 0 Å². The lowest BCUT2D eigenvalue weighted by Crippen LogP contribution is -2.35. The first kappa shape index (κ1) is 12.3. The van der Waals surface area contributed by atoms with E-state index in [9.17, 15) is 8.42 Å². The first-order chi connectivity index (χ1) is 7.66. The quantitative estimate of drug-likeness (QED) is 0.700. The van der Waals surface area contributed by atoms with Crippen molar-refractivity contribution in [2.75, 3.05) is 32.0 Å². The molecule has 2 unspecified atom stereocenters. The van der Waals surface area contributed by atoms with E-state index in [1.807, 2.05) is 0 Å². The zero-order chi connectivity index (χ0) is 11.4. The van der Waals surface area contributed by atoms with Gasteiger partial charge in [-0.15, -0.1) is 0 Å². The van der Waals surface area contributed by atoms with Crippen LogP contribution in [0, 0.1) is 5.92 Å². The summed E-state index contributed by atoms with van der Waals surface area (Å²) in [7, 11) is -3.16. The van der Waals surface area contributed by atoms with Crippen molar-refractivity contribution in [2.24, 2.45) is 5.92 Å². The number of hydrogen-bond donors (Lipinski definition) is 2. The molecule has 2 N–H and O–H groups in total. The van der Waals surface area contributed by atoms with Crippen molar-refractivity contribution < 1.29 is 13.2 Å². The summed E-state index contributed by atoms with van der Waals surface area (Å²) in [6.45, 7) is 3.18. The fourth-order valence-electron chi connectivity index (χ4n) is 2.21. The maximum absolute atomic E-state index is 11.7. The molecule has 2 aliphatic rings. The lowest BCUT2D eigenvalue weighted by molar-refractivity contribution is 0.127. The first-order valence-electron chi connectivity index (χ1n) is 5.95. The van der Waals surface area contributed by atoms with E-state index in [0.717, 1.165) is 32.4 Å². The van der Waals surface area contributed by atoms with Gasteiger partial charge in [-0.3, -0.25) is 0 Å². The average molecular weight is 248 g/mol. The molecule has 2 heterocycles. The highest BCUT2D eigenvalue weighted by atomic mass is 32.2. The van der Waals surface area contributed by atoms with Gasteiger partial charge in [-0.2, -0.15) is 0 Å². The maximum atomic E-state index is 11.7. The zero-order valence-electron chi connectivity index (χ0n) is 9.44. The van der Waals surface area contributed by atoms with Gasteiger partial charge in [-0.1, -0.05) is 0 Å². The smallest absolute Gasteiger partial charge is 0.214 e. The summed E-state index contributed by atoms with van der Waals surface area (Å²) in [6.07, 6.45) is 2.81. The van der Waals surface area contributed by atoms with Gasteiger partial charge in [-0.05, 0) is 38.3 Å². The summed E-state index contributed by atoms with van der Waals surface area (Å²) >= 11 is 0. The molecule has 0 radical (unpaired) electrons. The van der Waals surface area contributed by atoms with E-state index in [1.54, 1.807) is 0 Å². The molecular weight excluding hydrogens is 228 g/mol. The fourth-order valence-corrected chi connectivity index (χ4v) is 3.57. The van der Waals surface area contributed by atoms with Gasteiger partial charge in [0.2, 0.25) is 10.0 Å². The SMILES string of the molecule is O=S(=O)(CC1CCCO1)NCC1CCNC1. The van der Waals surface area contributed by atoms with Crippen molar-refractivity contribution in [3.8, 4) is 0 Å². The Labute approximate surface area is 97.0 Å². The van der Waals surface area contributed by atoms with Gasteiger partial charge in [0, 0.05) is 13.2 Å². The largest absolute Gasteiger partial charge is 0.377 e. The fraction of sp³-hybridized carbons (Fsp3) is 1.00. The Bertz CT molecular complexity index is 306. The zero-order valence-corrected chi connectivity index (χ0v) is 10.3. The van der Waals surface area contributed by atoms with E-state index in [1.165, 1.54) is 0 Å². The third kappa shape index (κ3) is 3.69. The lowest BCUT2D eigenvalue weighted by Gasteiger charge is -2.13. The van der Waals surface area contributed by atoms with Crippen molar-refractivity contribution in [3.05, 3.63) is 0 Å². The minimum Gasteiger partial charge on any atom is -0.377 e. The minimum absolute atomic E-state index is 0.0980. The van der Waals surface area contributed by atoms with Crippen LogP contribution < -0.4 is 10.0 Å². The molecule has 0 aromatic carbocycles. The molecule has 94 valence electrons. The highest BCUT2D eigenvalue weighted by Gasteiger charge is 2.24. The van der Waals surface area contributed by atoms with Crippen LogP contribution in [0.3, 0.4) is 0 Å². The Morgan fingerprint density at radius 1 is 1.38 bits per heavy atom. The Morgan fingerprint density at radius 2 is 2.25 bits per heavy atom. The summed E-state index contributed by atoms with van der Waals surface area (Å²) in [5, 5.41) is 3.22. The monoisotopic (exact) mass is 248 g/mol. The Balaban J connectivity index is 1.73. The normalized spacial score (nSPS) is 31.0. The number of ether oxygens (including phenoxy) is 1. The van der Waals surface area contributed by atoms with Crippen molar-refractivity contribution in [3.63, 3.8) is 0 Å². The van der Waals surface area contributed by atoms with Crippen LogP contribution in [0.5, 0.6) is 0 Å². The van der Waals surface area contributed by atoms with Crippen molar-refractivity contribution in [2.45, 2.75) is 25.4 Å². The van der Waals surface area contributed by atoms with E-state index < -0.39 is 10.0 Å². The number of nitrogens with one attached hydrogen (secondary N) is 2. The molecule has 0 bridgehead atoms. The Hall–Kier alpha value is -0.170. The van der Waals surface area contributed by atoms with Crippen molar-refractivity contribution in [1.29, 1.82) is 0 Å². The molecule has 0 spiro atoms. The van der Waals surface area contributed by atoms with E-state index in [4.69, 9.17) is 4.74 Å². The summed E-state index contributed by atoms with van der Waals surface area (Å²) in [4.78, 5) is 0. The molecule has 0 amide bonds. The van der Waals surface area contributed by atoms with Gasteiger partial charge in [0.1, 0.15) is 0 Å². The van der Waals surface area contributed by atoms with Gasteiger partial charge in [0.05, 0.1) is 11.9 Å². The molecule has 0 aromatic rings. The molecule has 2 fully saturated rings. The lowest BCUT2D eigenvalue weighted by atomic mass is 10.1. The van der Waals surface area contributed by atoms with Gasteiger partial charge < -0.3 is 10.1 Å². The summed E-state index contributed by atoms with van der Waals surface area (Å²) in [6, 6.07) is 0. The van der Waals surface area contributed by atoms with Crippen LogP contribution in [0.4, 0.5) is 0 Å². The van der Waals surface area contributed by atoms with Crippen LogP contribution in [0.15, 0.2) is 0 Å². The first-order valence-corrected chi connectivity index (χ1v) is 7.60. The highest BCUT2D eigenvalue weighted by Crippen LogP contribution is 2.14. The van der Waals surface area contributed by atoms with E-state index >= 15 is 0 Å². The Morgan fingerprint density at radius 3 is 2.88 bits per heavy atom. The average Bonchev–Trinajstić information content (AvgIpc) is 2.85. The molecule has 0 saturated carbocycles. The molecule has 6 heteroatoms.